The molecule has 0 aromatic heterocycles. The first-order valence-corrected chi connectivity index (χ1v) is 10.1. The maximum absolute atomic E-state index is 11.7. The monoisotopic (exact) mass is 520 g/mol. The van der Waals surface area contributed by atoms with Gasteiger partial charge in [0.15, 0.2) is 5.96 Å². The first-order chi connectivity index (χ1) is 13.0. The molecule has 28 heavy (non-hydrogen) atoms. The minimum absolute atomic E-state index is 0. The highest BCUT2D eigenvalue weighted by Crippen LogP contribution is 2.36. The zero-order chi connectivity index (χ0) is 19.3. The maximum atomic E-state index is 11.7. The van der Waals surface area contributed by atoms with Crippen molar-refractivity contribution in [2.45, 2.75) is 39.2 Å². The van der Waals surface area contributed by atoms with Crippen LogP contribution in [-0.2, 0) is 4.79 Å². The van der Waals surface area contributed by atoms with Gasteiger partial charge in [0, 0.05) is 43.0 Å². The third kappa shape index (κ3) is 6.14. The normalized spacial score (nSPS) is 23.2. The predicted octanol–water partition coefficient (Wildman–Crippen LogP) is 3.29. The van der Waals surface area contributed by atoms with Crippen molar-refractivity contribution in [2.24, 2.45) is 10.4 Å². The van der Waals surface area contributed by atoms with E-state index in [1.54, 1.807) is 0 Å². The topological polar surface area (TPSA) is 66.0 Å². The van der Waals surface area contributed by atoms with E-state index in [0.717, 1.165) is 50.7 Å². The summed E-state index contributed by atoms with van der Waals surface area (Å²) in [5.74, 6) is 1.82. The van der Waals surface area contributed by atoms with Gasteiger partial charge in [-0.25, -0.2) is 4.99 Å². The summed E-state index contributed by atoms with van der Waals surface area (Å²) >= 11 is 6.01. The van der Waals surface area contributed by atoms with Crippen LogP contribution in [0.4, 0.5) is 0 Å². The van der Waals surface area contributed by atoms with Gasteiger partial charge in [0.25, 0.3) is 0 Å². The summed E-state index contributed by atoms with van der Waals surface area (Å²) in [6.45, 7) is 8.04. The minimum Gasteiger partial charge on any atom is -0.489 e. The summed E-state index contributed by atoms with van der Waals surface area (Å²) in [5, 5.41) is 7.05. The largest absolute Gasteiger partial charge is 0.489 e. The van der Waals surface area contributed by atoms with E-state index in [4.69, 9.17) is 21.3 Å². The molecule has 1 amide bonds. The number of hydrogen-bond donors (Lipinski definition) is 2. The Bertz CT molecular complexity index is 703. The fourth-order valence-electron chi connectivity index (χ4n) is 3.88. The van der Waals surface area contributed by atoms with E-state index in [1.165, 1.54) is 0 Å². The number of hydrogen-bond acceptors (Lipinski definition) is 3. The lowest BCUT2D eigenvalue weighted by molar-refractivity contribution is -0.119. The summed E-state index contributed by atoms with van der Waals surface area (Å²) in [6, 6.07) is 7.42. The van der Waals surface area contributed by atoms with Crippen molar-refractivity contribution in [2.75, 3.05) is 32.7 Å². The lowest BCUT2D eigenvalue weighted by Crippen LogP contribution is -2.51. The molecule has 8 heteroatoms. The molecule has 0 radical (unpaired) electrons. The second-order valence-corrected chi connectivity index (χ2v) is 8.00. The summed E-state index contributed by atoms with van der Waals surface area (Å²) in [4.78, 5) is 18.8. The predicted molar refractivity (Wildman–Crippen MR) is 124 cm³/mol. The number of aliphatic imine (C=N–C) groups is 1. The number of amides is 1. The molecule has 2 aliphatic rings. The van der Waals surface area contributed by atoms with Gasteiger partial charge >= 0.3 is 0 Å². The number of nitrogens with zero attached hydrogens (tertiary/aromatic N) is 2. The Hall–Kier alpha value is -1.22. The second-order valence-electron chi connectivity index (χ2n) is 7.56. The SMILES string of the molecule is CCNC(=NCC(C)Oc1cccc(Cl)c1)N1CCCC2(CNC(=O)C2)C1.I. The number of benzene rings is 1. The number of nitrogens with one attached hydrogen (secondary N) is 2. The standard InChI is InChI=1S/C20H29ClN4O2.HI/c1-3-22-19(23-12-15(2)27-17-7-4-6-16(21)10-17)25-9-5-8-20(14-25)11-18(26)24-13-20;/h4,6-7,10,15H,3,5,8-9,11-14H2,1-2H3,(H,22,23)(H,24,26);1H. The second kappa shape index (κ2) is 10.5. The summed E-state index contributed by atoms with van der Waals surface area (Å²) in [6.07, 6.45) is 2.73. The molecule has 0 aliphatic carbocycles. The number of carbonyl (C=O) groups excluding carboxylic acids is 1. The average Bonchev–Trinajstić information content (AvgIpc) is 2.98. The first kappa shape index (κ1) is 23.1. The summed E-state index contributed by atoms with van der Waals surface area (Å²) in [5.41, 5.74) is 0.0500. The van der Waals surface area contributed by atoms with Crippen LogP contribution in [0, 0.1) is 5.41 Å². The van der Waals surface area contributed by atoms with E-state index in [-0.39, 0.29) is 41.4 Å². The fraction of sp³-hybridized carbons (Fsp3) is 0.600. The van der Waals surface area contributed by atoms with Gasteiger partial charge in [0.1, 0.15) is 11.9 Å². The zero-order valence-corrected chi connectivity index (χ0v) is 19.6. The Kier molecular flexibility index (Phi) is 8.67. The molecule has 6 nitrogen and oxygen atoms in total. The van der Waals surface area contributed by atoms with Crippen LogP contribution >= 0.6 is 35.6 Å². The molecule has 2 unspecified atom stereocenters. The Morgan fingerprint density at radius 3 is 3.00 bits per heavy atom. The first-order valence-electron chi connectivity index (χ1n) is 9.72. The molecule has 1 spiro atoms. The van der Waals surface area contributed by atoms with E-state index < -0.39 is 0 Å². The lowest BCUT2D eigenvalue weighted by atomic mass is 9.79. The Balaban J connectivity index is 0.00000280. The number of ether oxygens (including phenoxy) is 1. The smallest absolute Gasteiger partial charge is 0.220 e. The number of likely N-dealkylation sites (tertiary alicyclic amines) is 1. The molecule has 2 heterocycles. The van der Waals surface area contributed by atoms with Crippen LogP contribution in [-0.4, -0.2) is 55.6 Å². The number of rotatable bonds is 5. The Labute approximate surface area is 189 Å². The Morgan fingerprint density at radius 2 is 2.32 bits per heavy atom. The van der Waals surface area contributed by atoms with Crippen molar-refractivity contribution in [1.82, 2.24) is 15.5 Å². The molecule has 2 atom stereocenters. The van der Waals surface area contributed by atoms with Gasteiger partial charge in [-0.2, -0.15) is 0 Å². The van der Waals surface area contributed by atoms with Crippen molar-refractivity contribution >= 4 is 47.4 Å². The van der Waals surface area contributed by atoms with Gasteiger partial charge in [0.2, 0.25) is 5.91 Å². The van der Waals surface area contributed by atoms with Crippen molar-refractivity contribution in [3.8, 4) is 5.75 Å². The highest BCUT2D eigenvalue weighted by atomic mass is 127. The fourth-order valence-corrected chi connectivity index (χ4v) is 4.06. The van der Waals surface area contributed by atoms with Crippen LogP contribution < -0.4 is 15.4 Å². The van der Waals surface area contributed by atoms with E-state index >= 15 is 0 Å². The average molecular weight is 521 g/mol. The van der Waals surface area contributed by atoms with E-state index in [9.17, 15) is 4.79 Å². The molecule has 3 rings (SSSR count). The van der Waals surface area contributed by atoms with E-state index in [1.807, 2.05) is 31.2 Å². The molecule has 1 aromatic rings. The van der Waals surface area contributed by atoms with Gasteiger partial charge in [-0.15, -0.1) is 24.0 Å². The lowest BCUT2D eigenvalue weighted by Gasteiger charge is -2.40. The van der Waals surface area contributed by atoms with Crippen LogP contribution in [0.1, 0.15) is 33.1 Å². The van der Waals surface area contributed by atoms with Crippen LogP contribution in [0.5, 0.6) is 5.75 Å². The van der Waals surface area contributed by atoms with Gasteiger partial charge in [-0.1, -0.05) is 17.7 Å². The van der Waals surface area contributed by atoms with Crippen LogP contribution in [0.3, 0.4) is 0 Å². The highest BCUT2D eigenvalue weighted by Gasteiger charge is 2.42. The van der Waals surface area contributed by atoms with Crippen LogP contribution in [0.25, 0.3) is 0 Å². The third-order valence-electron chi connectivity index (χ3n) is 5.12. The highest BCUT2D eigenvalue weighted by molar-refractivity contribution is 14.0. The number of piperidine rings is 1. The zero-order valence-electron chi connectivity index (χ0n) is 16.5. The summed E-state index contributed by atoms with van der Waals surface area (Å²) in [7, 11) is 0. The molecular formula is C20H30ClIN4O2. The van der Waals surface area contributed by atoms with Gasteiger partial charge in [-0.05, 0) is 44.9 Å². The maximum Gasteiger partial charge on any atom is 0.220 e. The number of halogens is 2. The third-order valence-corrected chi connectivity index (χ3v) is 5.36. The molecule has 2 N–H and O–H groups in total. The van der Waals surface area contributed by atoms with Gasteiger partial charge in [-0.3, -0.25) is 4.79 Å². The van der Waals surface area contributed by atoms with Crippen molar-refractivity contribution in [3.05, 3.63) is 29.3 Å². The molecule has 156 valence electrons. The number of carbonyl (C=O) groups is 1. The molecule has 1 aromatic carbocycles. The van der Waals surface area contributed by atoms with E-state index in [2.05, 4.69) is 22.5 Å². The minimum atomic E-state index is -0.0643. The molecule has 2 saturated heterocycles. The van der Waals surface area contributed by atoms with Gasteiger partial charge in [0.05, 0.1) is 6.54 Å². The molecular weight excluding hydrogens is 491 g/mol. The molecule has 0 saturated carbocycles. The number of guanidine groups is 1. The van der Waals surface area contributed by atoms with Crippen molar-refractivity contribution in [3.63, 3.8) is 0 Å². The molecule has 2 aliphatic heterocycles. The summed E-state index contributed by atoms with van der Waals surface area (Å²) < 4.78 is 5.93. The molecule has 0 bridgehead atoms. The quantitative estimate of drug-likeness (QED) is 0.355. The van der Waals surface area contributed by atoms with Crippen LogP contribution in [0.2, 0.25) is 5.02 Å². The molecule has 2 fully saturated rings. The Morgan fingerprint density at radius 1 is 1.50 bits per heavy atom. The van der Waals surface area contributed by atoms with Gasteiger partial charge < -0.3 is 20.3 Å². The van der Waals surface area contributed by atoms with E-state index in [0.29, 0.717) is 18.0 Å². The van der Waals surface area contributed by atoms with Crippen LogP contribution in [0.15, 0.2) is 29.3 Å². The van der Waals surface area contributed by atoms with Crippen molar-refractivity contribution < 1.29 is 9.53 Å². The van der Waals surface area contributed by atoms with Crippen molar-refractivity contribution in [1.29, 1.82) is 0 Å².